The van der Waals surface area contributed by atoms with Crippen molar-refractivity contribution in [3.63, 3.8) is 0 Å². The molecule has 250 valence electrons. The molecule has 0 saturated heterocycles. The van der Waals surface area contributed by atoms with Crippen LogP contribution >= 0.6 is 0 Å². The first-order chi connectivity index (χ1) is 21.8. The summed E-state index contributed by atoms with van der Waals surface area (Å²) in [6, 6.07) is 13.7. The number of carbonyl (C=O) groups excluding carboxylic acids is 1. The van der Waals surface area contributed by atoms with Gasteiger partial charge in [-0.2, -0.15) is 13.2 Å². The lowest BCUT2D eigenvalue weighted by atomic mass is 9.97. The van der Waals surface area contributed by atoms with Crippen molar-refractivity contribution in [2.75, 3.05) is 26.2 Å². The van der Waals surface area contributed by atoms with Crippen molar-refractivity contribution in [2.45, 2.75) is 118 Å². The molecule has 0 spiro atoms. The largest absolute Gasteiger partial charge is 0.494 e. The Kier molecular flexibility index (Phi) is 19.1. The number of carbonyl (C=O) groups is 1. The molecule has 0 radical (unpaired) electrons. The van der Waals surface area contributed by atoms with Crippen LogP contribution in [0.5, 0.6) is 5.75 Å². The highest BCUT2D eigenvalue weighted by Gasteiger charge is 2.22. The minimum absolute atomic E-state index is 0.0273. The van der Waals surface area contributed by atoms with Gasteiger partial charge in [0, 0.05) is 23.9 Å². The Morgan fingerprint density at radius 3 is 2.00 bits per heavy atom. The number of benzene rings is 2. The molecule has 0 bridgehead atoms. The highest BCUT2D eigenvalue weighted by molar-refractivity contribution is 7.60. The van der Waals surface area contributed by atoms with Crippen molar-refractivity contribution >= 4 is 27.3 Å². The number of fused-ring (bicyclic) bond motifs is 1. The number of nitrogens with one attached hydrogen (secondary N) is 1. The summed E-state index contributed by atoms with van der Waals surface area (Å²) in [6.45, 7) is 12.9. The number of ether oxygens (including phenoxy) is 1. The van der Waals surface area contributed by atoms with Gasteiger partial charge in [-0.3, -0.25) is 4.79 Å². The van der Waals surface area contributed by atoms with E-state index in [4.69, 9.17) is 22.4 Å². The minimum atomic E-state index is -2.61. The molecule has 1 N–H and O–H groups in total. The third kappa shape index (κ3) is 14.8. The number of furan rings is 1. The zero-order valence-corrected chi connectivity index (χ0v) is 29.0. The zero-order chi connectivity index (χ0) is 32.9. The summed E-state index contributed by atoms with van der Waals surface area (Å²) < 4.78 is 35.1. The van der Waals surface area contributed by atoms with E-state index in [0.29, 0.717) is 12.2 Å². The second kappa shape index (κ2) is 22.5. The first-order valence-electron chi connectivity index (χ1n) is 17.1. The average molecular weight is 641 g/mol. The number of aryl methyl sites for hydroxylation is 2. The fourth-order valence-corrected chi connectivity index (χ4v) is 5.54. The number of hydrogen-bond acceptors (Lipinski definition) is 7. The Morgan fingerprint density at radius 2 is 1.36 bits per heavy atom. The summed E-state index contributed by atoms with van der Waals surface area (Å²) in [7, 11) is -2.61. The summed E-state index contributed by atoms with van der Waals surface area (Å²) in [6.07, 6.45) is 17.3. The van der Waals surface area contributed by atoms with Crippen molar-refractivity contribution in [1.82, 2.24) is 4.90 Å². The SMILES string of the molecule is CCCCCCCCCCN(CCCC)CCCOc1ccc(C(=O)c2c(CCCC)oc3ccc(C)cc23)cc1.N=S(=O)=O. The van der Waals surface area contributed by atoms with E-state index in [1.807, 2.05) is 36.4 Å². The number of rotatable bonds is 22. The molecule has 0 fully saturated rings. The van der Waals surface area contributed by atoms with Gasteiger partial charge < -0.3 is 14.1 Å². The molecule has 0 saturated carbocycles. The molecule has 7 nitrogen and oxygen atoms in total. The molecular formula is C37H56N2O5S. The van der Waals surface area contributed by atoms with Gasteiger partial charge in [-0.05, 0) is 82.1 Å². The maximum absolute atomic E-state index is 13.6. The molecule has 0 aliphatic heterocycles. The first-order valence-corrected chi connectivity index (χ1v) is 18.2. The van der Waals surface area contributed by atoms with Gasteiger partial charge in [-0.25, -0.2) is 0 Å². The molecule has 1 aromatic heterocycles. The van der Waals surface area contributed by atoms with Gasteiger partial charge in [0.25, 0.3) is 0 Å². The van der Waals surface area contributed by atoms with Crippen LogP contribution in [-0.2, 0) is 16.9 Å². The number of nitrogens with zero attached hydrogens (tertiary/aromatic N) is 1. The lowest BCUT2D eigenvalue weighted by Gasteiger charge is -2.22. The number of unbranched alkanes of at least 4 members (excludes halogenated alkanes) is 9. The van der Waals surface area contributed by atoms with Gasteiger partial charge in [-0.15, -0.1) is 0 Å². The zero-order valence-electron chi connectivity index (χ0n) is 28.2. The quantitative estimate of drug-likeness (QED) is 0.0866. The first kappa shape index (κ1) is 38.2. The second-order valence-corrected chi connectivity index (χ2v) is 12.4. The molecular weight excluding hydrogens is 584 g/mol. The molecule has 3 aromatic rings. The molecule has 0 atom stereocenters. The van der Waals surface area contributed by atoms with Crippen molar-refractivity contribution < 1.29 is 22.4 Å². The summed E-state index contributed by atoms with van der Waals surface area (Å²) >= 11 is 0. The topological polar surface area (TPSA) is 101 Å². The van der Waals surface area contributed by atoms with E-state index in [1.54, 1.807) is 0 Å². The molecule has 0 unspecified atom stereocenters. The van der Waals surface area contributed by atoms with E-state index in [2.05, 4.69) is 38.7 Å². The van der Waals surface area contributed by atoms with Crippen molar-refractivity contribution in [3.8, 4) is 5.75 Å². The highest BCUT2D eigenvalue weighted by Crippen LogP contribution is 2.30. The molecule has 0 aliphatic carbocycles. The highest BCUT2D eigenvalue weighted by atomic mass is 32.2. The molecule has 2 aromatic carbocycles. The Balaban J connectivity index is 0.00000166. The van der Waals surface area contributed by atoms with Crippen LogP contribution in [0.1, 0.15) is 131 Å². The predicted octanol–water partition coefficient (Wildman–Crippen LogP) is 9.95. The predicted molar refractivity (Wildman–Crippen MR) is 185 cm³/mol. The second-order valence-electron chi connectivity index (χ2n) is 12.0. The lowest BCUT2D eigenvalue weighted by Crippen LogP contribution is -2.28. The Bertz CT molecular complexity index is 1360. The Labute approximate surface area is 273 Å². The van der Waals surface area contributed by atoms with Crippen molar-refractivity contribution in [1.29, 1.82) is 4.78 Å². The van der Waals surface area contributed by atoms with Gasteiger partial charge in [0.15, 0.2) is 5.78 Å². The van der Waals surface area contributed by atoms with Crippen LogP contribution in [-0.4, -0.2) is 45.3 Å². The van der Waals surface area contributed by atoms with Crippen LogP contribution in [0.15, 0.2) is 46.9 Å². The van der Waals surface area contributed by atoms with Crippen LogP contribution in [0, 0.1) is 11.7 Å². The molecule has 0 aliphatic rings. The number of hydrogen-bond donors (Lipinski definition) is 1. The van der Waals surface area contributed by atoms with Gasteiger partial charge in [0.2, 0.25) is 0 Å². The number of ketones is 1. The fourth-order valence-electron chi connectivity index (χ4n) is 5.54. The minimum Gasteiger partial charge on any atom is -0.494 e. The van der Waals surface area contributed by atoms with E-state index in [9.17, 15) is 4.79 Å². The molecule has 0 amide bonds. The van der Waals surface area contributed by atoms with Crippen molar-refractivity contribution in [3.05, 3.63) is 64.9 Å². The van der Waals surface area contributed by atoms with Gasteiger partial charge >= 0.3 is 10.5 Å². The molecule has 45 heavy (non-hydrogen) atoms. The summed E-state index contributed by atoms with van der Waals surface area (Å²) in [4.78, 5) is 16.3. The van der Waals surface area contributed by atoms with E-state index in [1.165, 1.54) is 77.3 Å². The Morgan fingerprint density at radius 1 is 0.778 bits per heavy atom. The van der Waals surface area contributed by atoms with E-state index < -0.39 is 10.5 Å². The van der Waals surface area contributed by atoms with Gasteiger partial charge in [0.05, 0.1) is 12.2 Å². The standard InChI is InChI=1S/C37H55NO3.HNO2S/c1-5-8-11-12-13-14-15-16-26-38(25-10-7-3)27-17-28-40-32-22-20-31(21-23-32)37(39)36-33-29-30(4)19-24-34(33)41-35(36)18-9-6-2;1-4(2)3/h19-24,29H,5-18,25-28H2,1-4H3;1H. The Hall–Kier alpha value is -2.97. The van der Waals surface area contributed by atoms with Crippen LogP contribution in [0.3, 0.4) is 0 Å². The van der Waals surface area contributed by atoms with Gasteiger partial charge in [-0.1, -0.05) is 90.2 Å². The summed E-state index contributed by atoms with van der Waals surface area (Å²) in [5.74, 6) is 1.65. The van der Waals surface area contributed by atoms with Crippen LogP contribution in [0.2, 0.25) is 0 Å². The third-order valence-electron chi connectivity index (χ3n) is 8.06. The fraction of sp³-hybridized carbons (Fsp3) is 0.595. The van der Waals surface area contributed by atoms with Crippen LogP contribution in [0.25, 0.3) is 11.0 Å². The van der Waals surface area contributed by atoms with Crippen LogP contribution in [0.4, 0.5) is 0 Å². The van der Waals surface area contributed by atoms with E-state index in [0.717, 1.165) is 65.8 Å². The molecule has 8 heteroatoms. The molecule has 3 rings (SSSR count). The molecule has 1 heterocycles. The third-order valence-corrected chi connectivity index (χ3v) is 8.06. The maximum atomic E-state index is 13.6. The van der Waals surface area contributed by atoms with Crippen molar-refractivity contribution in [2.24, 2.45) is 0 Å². The monoisotopic (exact) mass is 640 g/mol. The van der Waals surface area contributed by atoms with E-state index >= 15 is 0 Å². The average Bonchev–Trinajstić information content (AvgIpc) is 3.38. The smallest absolute Gasteiger partial charge is 0.308 e. The normalized spacial score (nSPS) is 11.0. The summed E-state index contributed by atoms with van der Waals surface area (Å²) in [5, 5.41) is 0.918. The van der Waals surface area contributed by atoms with Gasteiger partial charge in [0.1, 0.15) is 17.1 Å². The summed E-state index contributed by atoms with van der Waals surface area (Å²) in [5.41, 5.74) is 3.31. The van der Waals surface area contributed by atoms with E-state index in [-0.39, 0.29) is 5.78 Å². The van der Waals surface area contributed by atoms with Crippen LogP contribution < -0.4 is 4.74 Å². The lowest BCUT2D eigenvalue weighted by molar-refractivity contribution is 0.103. The maximum Gasteiger partial charge on any atom is 0.308 e.